The molecule has 1 N–H and O–H groups in total. The lowest BCUT2D eigenvalue weighted by molar-refractivity contribution is 0.102. The molecule has 2 heterocycles. The molecule has 0 fully saturated rings. The van der Waals surface area contributed by atoms with E-state index in [2.05, 4.69) is 26.2 Å². The van der Waals surface area contributed by atoms with Gasteiger partial charge in [0.2, 0.25) is 0 Å². The van der Waals surface area contributed by atoms with E-state index in [-0.39, 0.29) is 5.91 Å². The number of nitrogens with zero attached hydrogens (tertiary/aromatic N) is 1. The number of pyridine rings is 1. The minimum atomic E-state index is -0.158. The van der Waals surface area contributed by atoms with Crippen LogP contribution in [0.15, 0.2) is 34.8 Å². The first-order chi connectivity index (χ1) is 9.63. The van der Waals surface area contributed by atoms with Crippen molar-refractivity contribution < 1.29 is 9.53 Å². The third-order valence-corrected chi connectivity index (χ3v) is 4.08. The topological polar surface area (TPSA) is 51.2 Å². The van der Waals surface area contributed by atoms with Crippen LogP contribution in [0.3, 0.4) is 0 Å². The zero-order valence-electron chi connectivity index (χ0n) is 10.9. The summed E-state index contributed by atoms with van der Waals surface area (Å²) in [6, 6.07) is 9.27. The molecule has 2 aromatic rings. The van der Waals surface area contributed by atoms with Crippen LogP contribution in [0.1, 0.15) is 27.2 Å². The van der Waals surface area contributed by atoms with E-state index in [1.807, 2.05) is 31.2 Å². The molecule has 5 heteroatoms. The van der Waals surface area contributed by atoms with Gasteiger partial charge in [0.05, 0.1) is 18.9 Å². The Labute approximate surface area is 125 Å². The summed E-state index contributed by atoms with van der Waals surface area (Å²) in [6.07, 6.45) is 0. The molecule has 1 amide bonds. The number of ether oxygens (including phenoxy) is 1. The van der Waals surface area contributed by atoms with Crippen molar-refractivity contribution in [2.75, 3.05) is 5.32 Å². The second-order valence-electron chi connectivity index (χ2n) is 4.69. The Morgan fingerprint density at radius 3 is 2.85 bits per heavy atom. The van der Waals surface area contributed by atoms with Gasteiger partial charge in [-0.3, -0.25) is 4.79 Å². The molecule has 0 bridgehead atoms. The van der Waals surface area contributed by atoms with E-state index in [1.54, 1.807) is 6.07 Å². The van der Waals surface area contributed by atoms with E-state index >= 15 is 0 Å². The van der Waals surface area contributed by atoms with Gasteiger partial charge in [-0.2, -0.15) is 0 Å². The van der Waals surface area contributed by atoms with Gasteiger partial charge in [-0.05, 0) is 58.2 Å². The number of halogens is 1. The highest BCUT2D eigenvalue weighted by Gasteiger charge is 2.14. The molecular weight excluding hydrogens is 320 g/mol. The SMILES string of the molecule is Cc1nc(NC(=O)c2ccc3c(c2)COC3)ccc1Br. The summed E-state index contributed by atoms with van der Waals surface area (Å²) in [7, 11) is 0. The monoisotopic (exact) mass is 332 g/mol. The van der Waals surface area contributed by atoms with Gasteiger partial charge in [0, 0.05) is 10.0 Å². The van der Waals surface area contributed by atoms with Crippen LogP contribution in [-0.2, 0) is 18.0 Å². The Balaban J connectivity index is 1.80. The van der Waals surface area contributed by atoms with E-state index < -0.39 is 0 Å². The van der Waals surface area contributed by atoms with Crippen LogP contribution in [0, 0.1) is 6.92 Å². The molecule has 3 rings (SSSR count). The summed E-state index contributed by atoms with van der Waals surface area (Å²) < 4.78 is 6.27. The predicted molar refractivity (Wildman–Crippen MR) is 79.6 cm³/mol. The number of aryl methyl sites for hydroxylation is 1. The lowest BCUT2D eigenvalue weighted by atomic mass is 10.1. The van der Waals surface area contributed by atoms with Crippen molar-refractivity contribution in [2.45, 2.75) is 20.1 Å². The Morgan fingerprint density at radius 1 is 1.25 bits per heavy atom. The maximum Gasteiger partial charge on any atom is 0.256 e. The number of hydrogen-bond acceptors (Lipinski definition) is 3. The quantitative estimate of drug-likeness (QED) is 0.916. The average Bonchev–Trinajstić information content (AvgIpc) is 2.90. The molecule has 0 atom stereocenters. The number of carbonyl (C=O) groups excluding carboxylic acids is 1. The van der Waals surface area contributed by atoms with Gasteiger partial charge in [-0.25, -0.2) is 4.98 Å². The summed E-state index contributed by atoms with van der Waals surface area (Å²) in [6.45, 7) is 3.09. The lowest BCUT2D eigenvalue weighted by Crippen LogP contribution is -2.13. The van der Waals surface area contributed by atoms with Gasteiger partial charge < -0.3 is 10.1 Å². The van der Waals surface area contributed by atoms with E-state index in [0.717, 1.165) is 21.3 Å². The standard InChI is InChI=1S/C15H13BrN2O2/c1-9-13(16)4-5-14(17-9)18-15(19)10-2-3-11-7-20-8-12(11)6-10/h2-6H,7-8H2,1H3,(H,17,18,19). The summed E-state index contributed by atoms with van der Waals surface area (Å²) in [4.78, 5) is 16.5. The van der Waals surface area contributed by atoms with Gasteiger partial charge in [-0.1, -0.05) is 6.07 Å². The molecule has 1 aromatic heterocycles. The number of carbonyl (C=O) groups is 1. The number of anilines is 1. The largest absolute Gasteiger partial charge is 0.372 e. The van der Waals surface area contributed by atoms with Crippen molar-refractivity contribution in [1.82, 2.24) is 4.98 Å². The van der Waals surface area contributed by atoms with E-state index in [0.29, 0.717) is 24.6 Å². The van der Waals surface area contributed by atoms with E-state index in [9.17, 15) is 4.79 Å². The molecule has 1 aliphatic rings. The second-order valence-corrected chi connectivity index (χ2v) is 5.55. The molecule has 20 heavy (non-hydrogen) atoms. The van der Waals surface area contributed by atoms with Crippen LogP contribution in [0.5, 0.6) is 0 Å². The van der Waals surface area contributed by atoms with Crippen molar-refractivity contribution in [3.05, 3.63) is 57.2 Å². The molecule has 0 aliphatic carbocycles. The van der Waals surface area contributed by atoms with E-state index in [1.165, 1.54) is 0 Å². The maximum absolute atomic E-state index is 12.2. The number of rotatable bonds is 2. The van der Waals surface area contributed by atoms with Gasteiger partial charge in [0.1, 0.15) is 5.82 Å². The maximum atomic E-state index is 12.2. The fraction of sp³-hybridized carbons (Fsp3) is 0.200. The molecule has 0 unspecified atom stereocenters. The Bertz CT molecular complexity index is 686. The number of fused-ring (bicyclic) bond motifs is 1. The first-order valence-corrected chi connectivity index (χ1v) is 7.07. The molecule has 1 aliphatic heterocycles. The third kappa shape index (κ3) is 2.59. The normalized spacial score (nSPS) is 13.1. The molecule has 102 valence electrons. The van der Waals surface area contributed by atoms with Gasteiger partial charge in [0.25, 0.3) is 5.91 Å². The predicted octanol–water partition coefficient (Wildman–Crippen LogP) is 3.44. The van der Waals surface area contributed by atoms with Crippen molar-refractivity contribution in [3.8, 4) is 0 Å². The highest BCUT2D eigenvalue weighted by molar-refractivity contribution is 9.10. The Kier molecular flexibility index (Phi) is 3.54. The number of nitrogens with one attached hydrogen (secondary N) is 1. The summed E-state index contributed by atoms with van der Waals surface area (Å²) in [5.41, 5.74) is 3.69. The molecule has 4 nitrogen and oxygen atoms in total. The summed E-state index contributed by atoms with van der Waals surface area (Å²) in [5, 5.41) is 2.81. The molecule has 0 saturated heterocycles. The zero-order chi connectivity index (χ0) is 14.1. The Morgan fingerprint density at radius 2 is 2.05 bits per heavy atom. The van der Waals surface area contributed by atoms with Gasteiger partial charge in [-0.15, -0.1) is 0 Å². The van der Waals surface area contributed by atoms with Crippen molar-refractivity contribution in [3.63, 3.8) is 0 Å². The highest BCUT2D eigenvalue weighted by Crippen LogP contribution is 2.22. The van der Waals surface area contributed by atoms with Crippen molar-refractivity contribution >= 4 is 27.7 Å². The number of aromatic nitrogens is 1. The van der Waals surface area contributed by atoms with Crippen LogP contribution >= 0.6 is 15.9 Å². The average molecular weight is 333 g/mol. The van der Waals surface area contributed by atoms with E-state index in [4.69, 9.17) is 4.74 Å². The van der Waals surface area contributed by atoms with Crippen molar-refractivity contribution in [2.24, 2.45) is 0 Å². The van der Waals surface area contributed by atoms with Gasteiger partial charge in [0.15, 0.2) is 0 Å². The number of benzene rings is 1. The van der Waals surface area contributed by atoms with Crippen LogP contribution < -0.4 is 5.32 Å². The molecule has 0 saturated carbocycles. The highest BCUT2D eigenvalue weighted by atomic mass is 79.9. The van der Waals surface area contributed by atoms with Crippen LogP contribution in [0.25, 0.3) is 0 Å². The van der Waals surface area contributed by atoms with Gasteiger partial charge >= 0.3 is 0 Å². The minimum absolute atomic E-state index is 0.158. The summed E-state index contributed by atoms with van der Waals surface area (Å²) >= 11 is 3.39. The first kappa shape index (κ1) is 13.3. The number of amides is 1. The van der Waals surface area contributed by atoms with Crippen LogP contribution in [0.2, 0.25) is 0 Å². The molecule has 0 spiro atoms. The minimum Gasteiger partial charge on any atom is -0.372 e. The molecule has 1 aromatic carbocycles. The fourth-order valence-electron chi connectivity index (χ4n) is 2.12. The summed E-state index contributed by atoms with van der Waals surface area (Å²) in [5.74, 6) is 0.390. The first-order valence-electron chi connectivity index (χ1n) is 6.27. The number of hydrogen-bond donors (Lipinski definition) is 1. The molecular formula is C15H13BrN2O2. The smallest absolute Gasteiger partial charge is 0.256 e. The van der Waals surface area contributed by atoms with Crippen LogP contribution in [0.4, 0.5) is 5.82 Å². The Hall–Kier alpha value is -1.72. The second kappa shape index (κ2) is 5.34. The molecule has 0 radical (unpaired) electrons. The lowest BCUT2D eigenvalue weighted by Gasteiger charge is -2.07. The fourth-order valence-corrected chi connectivity index (χ4v) is 2.34. The van der Waals surface area contributed by atoms with Crippen molar-refractivity contribution in [1.29, 1.82) is 0 Å². The van der Waals surface area contributed by atoms with Crippen LogP contribution in [-0.4, -0.2) is 10.9 Å². The zero-order valence-corrected chi connectivity index (χ0v) is 12.5. The third-order valence-electron chi connectivity index (χ3n) is 3.25.